The molecule has 1 fully saturated rings. The van der Waals surface area contributed by atoms with Crippen LogP contribution in [0.5, 0.6) is 5.75 Å². The van der Waals surface area contributed by atoms with Crippen LogP contribution in [0.3, 0.4) is 0 Å². The lowest BCUT2D eigenvalue weighted by atomic mass is 10.0. The van der Waals surface area contributed by atoms with Gasteiger partial charge in [0.15, 0.2) is 0 Å². The zero-order valence-corrected chi connectivity index (χ0v) is 15.8. The first kappa shape index (κ1) is 17.3. The number of ether oxygens (including phenoxy) is 1. The van der Waals surface area contributed by atoms with Crippen LogP contribution in [0.25, 0.3) is 0 Å². The molecule has 0 spiro atoms. The van der Waals surface area contributed by atoms with Crippen molar-refractivity contribution >= 4 is 33.4 Å². The Balaban J connectivity index is 1.74. The molecule has 3 rings (SSSR count). The molecule has 0 aromatic heterocycles. The molecule has 3 nitrogen and oxygen atoms in total. The summed E-state index contributed by atoms with van der Waals surface area (Å²) in [5, 5.41) is 0.713. The summed E-state index contributed by atoms with van der Waals surface area (Å²) in [4.78, 5) is 14.3. The number of carbonyl (C=O) groups is 1. The van der Waals surface area contributed by atoms with Gasteiger partial charge in [-0.05, 0) is 64.2 Å². The van der Waals surface area contributed by atoms with E-state index in [4.69, 9.17) is 16.3 Å². The van der Waals surface area contributed by atoms with Crippen LogP contribution < -0.4 is 4.74 Å². The number of carbonyl (C=O) groups excluding carboxylic acids is 1. The van der Waals surface area contributed by atoms with Gasteiger partial charge in [-0.1, -0.05) is 29.8 Å². The molecular weight excluding hydrogens is 390 g/mol. The van der Waals surface area contributed by atoms with Crippen LogP contribution in [0.1, 0.15) is 24.0 Å². The molecule has 1 saturated heterocycles. The molecule has 0 aliphatic carbocycles. The van der Waals surface area contributed by atoms with E-state index < -0.39 is 0 Å². The molecular formula is C19H19BrClNO2. The Kier molecular flexibility index (Phi) is 5.47. The predicted octanol–water partition coefficient (Wildman–Crippen LogP) is 4.84. The molecule has 1 aliphatic heterocycles. The average molecular weight is 409 g/mol. The minimum absolute atomic E-state index is 0.221. The van der Waals surface area contributed by atoms with E-state index in [2.05, 4.69) is 22.0 Å². The van der Waals surface area contributed by atoms with E-state index in [-0.39, 0.29) is 11.9 Å². The fourth-order valence-corrected chi connectivity index (χ4v) is 3.65. The van der Waals surface area contributed by atoms with Crippen molar-refractivity contribution in [1.82, 2.24) is 4.90 Å². The van der Waals surface area contributed by atoms with Crippen molar-refractivity contribution in [2.45, 2.75) is 31.8 Å². The number of nitrogens with zero attached hydrogens (tertiary/aromatic N) is 1. The summed E-state index contributed by atoms with van der Waals surface area (Å²) in [7, 11) is 1.66. The molecule has 24 heavy (non-hydrogen) atoms. The third-order valence-corrected chi connectivity index (χ3v) is 5.31. The molecule has 2 aromatic rings. The number of likely N-dealkylation sites (tertiary alicyclic amines) is 1. The molecule has 0 bridgehead atoms. The smallest absolute Gasteiger partial charge is 0.223 e. The second-order valence-corrected chi connectivity index (χ2v) is 7.30. The Morgan fingerprint density at radius 2 is 1.92 bits per heavy atom. The molecule has 0 saturated carbocycles. The Morgan fingerprint density at radius 1 is 1.21 bits per heavy atom. The van der Waals surface area contributed by atoms with E-state index in [0.29, 0.717) is 18.0 Å². The van der Waals surface area contributed by atoms with Gasteiger partial charge in [0.2, 0.25) is 5.91 Å². The van der Waals surface area contributed by atoms with Crippen LogP contribution in [0, 0.1) is 0 Å². The van der Waals surface area contributed by atoms with E-state index in [1.807, 2.05) is 41.3 Å². The Hall–Kier alpha value is -1.52. The van der Waals surface area contributed by atoms with Crippen molar-refractivity contribution in [3.05, 3.63) is 63.1 Å². The predicted molar refractivity (Wildman–Crippen MR) is 99.4 cm³/mol. The van der Waals surface area contributed by atoms with Gasteiger partial charge in [-0.15, -0.1) is 0 Å². The number of benzene rings is 2. The zero-order chi connectivity index (χ0) is 17.1. The normalized spacial score (nSPS) is 17.4. The highest BCUT2D eigenvalue weighted by Crippen LogP contribution is 2.29. The maximum absolute atomic E-state index is 12.3. The van der Waals surface area contributed by atoms with Crippen LogP contribution in [-0.4, -0.2) is 24.0 Å². The number of amides is 1. The van der Waals surface area contributed by atoms with Gasteiger partial charge >= 0.3 is 0 Å². The molecule has 0 N–H and O–H groups in total. The molecule has 1 heterocycles. The van der Waals surface area contributed by atoms with Crippen molar-refractivity contribution in [2.24, 2.45) is 0 Å². The second kappa shape index (κ2) is 7.58. The lowest BCUT2D eigenvalue weighted by Crippen LogP contribution is -2.33. The minimum atomic E-state index is 0.221. The summed E-state index contributed by atoms with van der Waals surface area (Å²) in [6.45, 7) is 0.633. The standard InChI is InChI=1S/C19H19BrClNO2/c1-24-18-11-14(4-8-17(18)20)10-16-7-9-19(23)22(16)12-13-2-5-15(21)6-3-13/h2-6,8,11,16H,7,9-10,12H2,1H3. The lowest BCUT2D eigenvalue weighted by molar-refractivity contribution is -0.129. The van der Waals surface area contributed by atoms with Gasteiger partial charge in [0, 0.05) is 24.0 Å². The van der Waals surface area contributed by atoms with Gasteiger partial charge in [0.05, 0.1) is 11.6 Å². The first-order valence-corrected chi connectivity index (χ1v) is 9.10. The summed E-state index contributed by atoms with van der Waals surface area (Å²) in [5.74, 6) is 1.04. The van der Waals surface area contributed by atoms with Crippen molar-refractivity contribution in [3.8, 4) is 5.75 Å². The SMILES string of the molecule is COc1cc(CC2CCC(=O)N2Cc2ccc(Cl)cc2)ccc1Br. The zero-order valence-electron chi connectivity index (χ0n) is 13.5. The van der Waals surface area contributed by atoms with Crippen LogP contribution in [0.4, 0.5) is 0 Å². The van der Waals surface area contributed by atoms with E-state index in [9.17, 15) is 4.79 Å². The second-order valence-electron chi connectivity index (χ2n) is 6.01. The molecule has 2 aromatic carbocycles. The number of hydrogen-bond acceptors (Lipinski definition) is 2. The fourth-order valence-electron chi connectivity index (χ4n) is 3.11. The summed E-state index contributed by atoms with van der Waals surface area (Å²) in [6.07, 6.45) is 2.35. The molecule has 126 valence electrons. The highest BCUT2D eigenvalue weighted by Gasteiger charge is 2.30. The maximum atomic E-state index is 12.3. The summed E-state index contributed by atoms with van der Waals surface area (Å²) >= 11 is 9.41. The van der Waals surface area contributed by atoms with Crippen molar-refractivity contribution < 1.29 is 9.53 Å². The fraction of sp³-hybridized carbons (Fsp3) is 0.316. The molecule has 1 amide bonds. The van der Waals surface area contributed by atoms with Gasteiger partial charge in [-0.2, -0.15) is 0 Å². The summed E-state index contributed by atoms with van der Waals surface area (Å²) in [5.41, 5.74) is 2.28. The molecule has 1 atom stereocenters. The Labute approximate surface area is 155 Å². The summed E-state index contributed by atoms with van der Waals surface area (Å²) < 4.78 is 6.30. The Morgan fingerprint density at radius 3 is 2.62 bits per heavy atom. The number of halogens is 2. The van der Waals surface area contributed by atoms with E-state index in [0.717, 1.165) is 28.6 Å². The van der Waals surface area contributed by atoms with Crippen LogP contribution in [0.15, 0.2) is 46.9 Å². The third-order valence-electron chi connectivity index (χ3n) is 4.41. The highest BCUT2D eigenvalue weighted by molar-refractivity contribution is 9.10. The van der Waals surface area contributed by atoms with Gasteiger partial charge in [0.1, 0.15) is 5.75 Å². The average Bonchev–Trinajstić information content (AvgIpc) is 2.92. The molecule has 1 aliphatic rings. The van der Waals surface area contributed by atoms with Crippen LogP contribution >= 0.6 is 27.5 Å². The van der Waals surface area contributed by atoms with E-state index >= 15 is 0 Å². The van der Waals surface area contributed by atoms with Crippen molar-refractivity contribution in [2.75, 3.05) is 7.11 Å². The first-order valence-electron chi connectivity index (χ1n) is 7.93. The van der Waals surface area contributed by atoms with Gasteiger partial charge < -0.3 is 9.64 Å². The maximum Gasteiger partial charge on any atom is 0.223 e. The first-order chi connectivity index (χ1) is 11.6. The van der Waals surface area contributed by atoms with Gasteiger partial charge in [-0.3, -0.25) is 4.79 Å². The third kappa shape index (κ3) is 3.93. The summed E-state index contributed by atoms with van der Waals surface area (Å²) in [6, 6.07) is 14.0. The topological polar surface area (TPSA) is 29.5 Å². The van der Waals surface area contributed by atoms with Crippen molar-refractivity contribution in [1.29, 1.82) is 0 Å². The number of hydrogen-bond donors (Lipinski definition) is 0. The molecule has 5 heteroatoms. The van der Waals surface area contributed by atoms with Gasteiger partial charge in [-0.25, -0.2) is 0 Å². The monoisotopic (exact) mass is 407 g/mol. The van der Waals surface area contributed by atoms with E-state index in [1.54, 1.807) is 7.11 Å². The Bertz CT molecular complexity index is 733. The van der Waals surface area contributed by atoms with E-state index in [1.165, 1.54) is 5.56 Å². The highest BCUT2D eigenvalue weighted by atomic mass is 79.9. The lowest BCUT2D eigenvalue weighted by Gasteiger charge is -2.25. The molecule has 0 radical (unpaired) electrons. The largest absolute Gasteiger partial charge is 0.496 e. The quantitative estimate of drug-likeness (QED) is 0.708. The number of methoxy groups -OCH3 is 1. The number of rotatable bonds is 5. The van der Waals surface area contributed by atoms with Gasteiger partial charge in [0.25, 0.3) is 0 Å². The van der Waals surface area contributed by atoms with Crippen LogP contribution in [0.2, 0.25) is 5.02 Å². The minimum Gasteiger partial charge on any atom is -0.496 e. The van der Waals surface area contributed by atoms with Crippen molar-refractivity contribution in [3.63, 3.8) is 0 Å². The van der Waals surface area contributed by atoms with Crippen LogP contribution in [-0.2, 0) is 17.8 Å². The molecule has 1 unspecified atom stereocenters.